The Labute approximate surface area is 166 Å². The van der Waals surface area contributed by atoms with Gasteiger partial charge in [-0.25, -0.2) is 0 Å². The van der Waals surface area contributed by atoms with Crippen molar-refractivity contribution in [3.8, 4) is 12.8 Å². The van der Waals surface area contributed by atoms with Crippen molar-refractivity contribution in [1.82, 2.24) is 4.90 Å². The maximum atomic E-state index is 13.0. The van der Waals surface area contributed by atoms with Crippen LogP contribution in [0.4, 0.5) is 13.2 Å². The number of amides is 1. The minimum atomic E-state index is -4.36. The molecule has 1 unspecified atom stereocenters. The van der Waals surface area contributed by atoms with E-state index in [1.807, 2.05) is 0 Å². The smallest absolute Gasteiger partial charge is 0.338 e. The van der Waals surface area contributed by atoms with Crippen molar-refractivity contribution in [3.63, 3.8) is 0 Å². The van der Waals surface area contributed by atoms with Crippen LogP contribution in [0.5, 0.6) is 0 Å². The molecule has 3 nitrogen and oxygen atoms in total. The van der Waals surface area contributed by atoms with Gasteiger partial charge in [-0.1, -0.05) is 20.3 Å². The van der Waals surface area contributed by atoms with Gasteiger partial charge in [-0.3, -0.25) is 4.79 Å². The summed E-state index contributed by atoms with van der Waals surface area (Å²) >= 11 is 0. The third kappa shape index (κ3) is 6.00. The second-order valence-corrected chi connectivity index (χ2v) is 7.42. The van der Waals surface area contributed by atoms with E-state index in [2.05, 4.69) is 26.7 Å². The topological polar surface area (TPSA) is 46.3 Å². The normalized spacial score (nSPS) is 21.0. The minimum Gasteiger partial charge on any atom is -0.338 e. The highest BCUT2D eigenvalue weighted by atomic mass is 19.4. The molecule has 0 saturated heterocycles. The van der Waals surface area contributed by atoms with Gasteiger partial charge in [0.1, 0.15) is 0 Å². The Balaban J connectivity index is 0.000000717. The van der Waals surface area contributed by atoms with Crippen LogP contribution in [0.15, 0.2) is 12.1 Å². The van der Waals surface area contributed by atoms with Gasteiger partial charge in [-0.05, 0) is 61.4 Å². The summed E-state index contributed by atoms with van der Waals surface area (Å²) in [6, 6.07) is 2.47. The maximum absolute atomic E-state index is 13.0. The van der Waals surface area contributed by atoms with E-state index in [9.17, 15) is 18.0 Å². The van der Waals surface area contributed by atoms with Crippen molar-refractivity contribution in [2.45, 2.75) is 71.6 Å². The fourth-order valence-corrected chi connectivity index (χ4v) is 3.77. The van der Waals surface area contributed by atoms with Crippen LogP contribution in [-0.4, -0.2) is 23.4 Å². The zero-order valence-electron chi connectivity index (χ0n) is 17.0. The Kier molecular flexibility index (Phi) is 9.03. The molecule has 2 aliphatic rings. The summed E-state index contributed by atoms with van der Waals surface area (Å²) in [7, 11) is 0. The van der Waals surface area contributed by atoms with Gasteiger partial charge in [0.2, 0.25) is 5.91 Å². The molecule has 0 bridgehead atoms. The predicted molar refractivity (Wildman–Crippen MR) is 106 cm³/mol. The average molecular weight is 396 g/mol. The maximum Gasteiger partial charge on any atom is 0.416 e. The highest BCUT2D eigenvalue weighted by molar-refractivity contribution is 5.79. The molecule has 1 heterocycles. The van der Waals surface area contributed by atoms with Crippen molar-refractivity contribution < 1.29 is 18.0 Å². The average Bonchev–Trinajstić information content (AvgIpc) is 3.08. The summed E-state index contributed by atoms with van der Waals surface area (Å²) in [5.41, 5.74) is 7.46. The Bertz CT molecular complexity index is 682. The molecule has 1 aliphatic carbocycles. The predicted octanol–water partition coefficient (Wildman–Crippen LogP) is 4.69. The molecule has 1 aliphatic heterocycles. The summed E-state index contributed by atoms with van der Waals surface area (Å²) in [5.74, 6) is -0.0305. The van der Waals surface area contributed by atoms with Gasteiger partial charge in [0.25, 0.3) is 0 Å². The Morgan fingerprint density at radius 3 is 2.36 bits per heavy atom. The fraction of sp³-hybridized carbons (Fsp3) is 0.591. The standard InChI is InChI=1S/C17H21F3N2O.C3H8.C2H2/c1-10-6-13(17(18,19)20)7-12-9-22(5-4-15(10)12)16(23)11-2-3-14(21)8-11;1-3-2;1-2/h6-7,11,14H,2-5,8-9,21H2,1H3;3H2,1-2H3;1-2H/t11-,14?;;/m0../s1. The Morgan fingerprint density at radius 2 is 1.86 bits per heavy atom. The first-order chi connectivity index (χ1) is 13.2. The van der Waals surface area contributed by atoms with Gasteiger partial charge in [0, 0.05) is 25.0 Å². The molecule has 1 saturated carbocycles. The van der Waals surface area contributed by atoms with Crippen molar-refractivity contribution >= 4 is 5.91 Å². The molecule has 2 atom stereocenters. The number of benzene rings is 1. The number of carbonyl (C=O) groups is 1. The summed E-state index contributed by atoms with van der Waals surface area (Å²) in [6.07, 6.45) is 7.82. The summed E-state index contributed by atoms with van der Waals surface area (Å²) in [6.45, 7) is 6.80. The molecule has 156 valence electrons. The molecular weight excluding hydrogens is 365 g/mol. The van der Waals surface area contributed by atoms with Crippen molar-refractivity contribution in [3.05, 3.63) is 34.4 Å². The van der Waals surface area contributed by atoms with Crippen LogP contribution in [-0.2, 0) is 23.9 Å². The van der Waals surface area contributed by atoms with Gasteiger partial charge in [0.15, 0.2) is 0 Å². The number of aryl methyl sites for hydroxylation is 1. The number of hydrogen-bond donors (Lipinski definition) is 1. The second kappa shape index (κ2) is 10.5. The first-order valence-electron chi connectivity index (χ1n) is 9.74. The van der Waals surface area contributed by atoms with E-state index >= 15 is 0 Å². The lowest BCUT2D eigenvalue weighted by Gasteiger charge is -2.32. The van der Waals surface area contributed by atoms with Crippen molar-refractivity contribution in [2.24, 2.45) is 11.7 Å². The number of alkyl halides is 3. The molecule has 0 aromatic heterocycles. The zero-order chi connectivity index (χ0) is 21.5. The van der Waals surface area contributed by atoms with E-state index in [-0.39, 0.29) is 24.4 Å². The number of nitrogens with two attached hydrogens (primary N) is 1. The van der Waals surface area contributed by atoms with Gasteiger partial charge in [0.05, 0.1) is 5.56 Å². The Morgan fingerprint density at radius 1 is 1.25 bits per heavy atom. The van der Waals surface area contributed by atoms with E-state index in [4.69, 9.17) is 5.73 Å². The molecular formula is C22H31F3N2O. The summed E-state index contributed by atoms with van der Waals surface area (Å²) in [5, 5.41) is 0. The van der Waals surface area contributed by atoms with Gasteiger partial charge in [-0.15, -0.1) is 12.8 Å². The molecule has 3 rings (SSSR count). The van der Waals surface area contributed by atoms with E-state index in [0.29, 0.717) is 30.5 Å². The SMILES string of the molecule is C#C.CCC.Cc1cc(C(F)(F)F)cc2c1CCN(C(=O)[C@H]1CCC(N)C1)C2. The molecule has 1 fully saturated rings. The second-order valence-electron chi connectivity index (χ2n) is 7.42. The van der Waals surface area contributed by atoms with Crippen LogP contribution >= 0.6 is 0 Å². The third-order valence-electron chi connectivity index (χ3n) is 5.02. The number of terminal acetylenes is 1. The van der Waals surface area contributed by atoms with E-state index in [1.165, 1.54) is 18.6 Å². The molecule has 28 heavy (non-hydrogen) atoms. The molecule has 1 aromatic carbocycles. The third-order valence-corrected chi connectivity index (χ3v) is 5.02. The molecule has 0 radical (unpaired) electrons. The highest BCUT2D eigenvalue weighted by Crippen LogP contribution is 2.35. The molecule has 1 amide bonds. The molecule has 6 heteroatoms. The monoisotopic (exact) mass is 396 g/mol. The van der Waals surface area contributed by atoms with Crippen molar-refractivity contribution in [2.75, 3.05) is 6.54 Å². The molecule has 2 N–H and O–H groups in total. The quantitative estimate of drug-likeness (QED) is 0.700. The summed E-state index contributed by atoms with van der Waals surface area (Å²) in [4.78, 5) is 14.3. The first kappa shape index (κ1) is 24.0. The number of hydrogen-bond acceptors (Lipinski definition) is 2. The summed E-state index contributed by atoms with van der Waals surface area (Å²) < 4.78 is 39.0. The van der Waals surface area contributed by atoms with Gasteiger partial charge in [-0.2, -0.15) is 13.2 Å². The Hall–Kier alpha value is -2.00. The van der Waals surface area contributed by atoms with Gasteiger partial charge < -0.3 is 10.6 Å². The molecule has 1 aromatic rings. The highest BCUT2D eigenvalue weighted by Gasteiger charge is 2.35. The largest absolute Gasteiger partial charge is 0.416 e. The van der Waals surface area contributed by atoms with E-state index < -0.39 is 11.7 Å². The number of halogens is 3. The lowest BCUT2D eigenvalue weighted by atomic mass is 9.92. The number of nitrogens with zero attached hydrogens (tertiary/aromatic N) is 1. The zero-order valence-corrected chi connectivity index (χ0v) is 17.0. The van der Waals surface area contributed by atoms with E-state index in [1.54, 1.807) is 11.8 Å². The van der Waals surface area contributed by atoms with E-state index in [0.717, 1.165) is 18.4 Å². The lowest BCUT2D eigenvalue weighted by molar-refractivity contribution is -0.137. The van der Waals surface area contributed by atoms with Crippen LogP contribution in [0.1, 0.15) is 61.8 Å². The van der Waals surface area contributed by atoms with Crippen molar-refractivity contribution in [1.29, 1.82) is 0 Å². The van der Waals surface area contributed by atoms with Crippen LogP contribution in [0.3, 0.4) is 0 Å². The lowest BCUT2D eigenvalue weighted by Crippen LogP contribution is -2.40. The number of fused-ring (bicyclic) bond motifs is 1. The fourth-order valence-electron chi connectivity index (χ4n) is 3.77. The molecule has 0 spiro atoms. The number of rotatable bonds is 1. The van der Waals surface area contributed by atoms with Crippen LogP contribution in [0, 0.1) is 25.7 Å². The van der Waals surface area contributed by atoms with Crippen LogP contribution in [0.25, 0.3) is 0 Å². The minimum absolute atomic E-state index is 0.0404. The van der Waals surface area contributed by atoms with Crippen LogP contribution < -0.4 is 5.73 Å². The first-order valence-corrected chi connectivity index (χ1v) is 9.74. The van der Waals surface area contributed by atoms with Crippen LogP contribution in [0.2, 0.25) is 0 Å². The van der Waals surface area contributed by atoms with Gasteiger partial charge >= 0.3 is 6.18 Å². The number of carbonyl (C=O) groups excluding carboxylic acids is 1.